The van der Waals surface area contributed by atoms with E-state index in [9.17, 15) is 4.79 Å². The van der Waals surface area contributed by atoms with Crippen LogP contribution in [0.15, 0.2) is 12.2 Å². The van der Waals surface area contributed by atoms with Crippen molar-refractivity contribution in [3.05, 3.63) is 12.2 Å². The van der Waals surface area contributed by atoms with Gasteiger partial charge in [-0.05, 0) is 32.7 Å². The predicted molar refractivity (Wildman–Crippen MR) is 54.7 cm³/mol. The zero-order chi connectivity index (χ0) is 9.68. The third-order valence-electron chi connectivity index (χ3n) is 2.50. The van der Waals surface area contributed by atoms with Gasteiger partial charge in [-0.1, -0.05) is 12.0 Å². The molecule has 0 bridgehead atoms. The van der Waals surface area contributed by atoms with Gasteiger partial charge < -0.3 is 5.32 Å². The molecular formula is C11H19NO. The molecule has 0 spiro atoms. The van der Waals surface area contributed by atoms with Gasteiger partial charge in [0.1, 0.15) is 5.78 Å². The maximum atomic E-state index is 11.6. The van der Waals surface area contributed by atoms with Gasteiger partial charge in [-0.2, -0.15) is 0 Å². The number of Topliss-reactive ketones (excluding diaryl/α,β-unsaturated/α-hetero) is 1. The molecule has 1 heterocycles. The van der Waals surface area contributed by atoms with Gasteiger partial charge in [-0.3, -0.25) is 4.79 Å². The Morgan fingerprint density at radius 3 is 2.77 bits per heavy atom. The summed E-state index contributed by atoms with van der Waals surface area (Å²) in [5.74, 6) is 0.364. The van der Waals surface area contributed by atoms with Gasteiger partial charge >= 0.3 is 0 Å². The van der Waals surface area contributed by atoms with Gasteiger partial charge in [0.05, 0.1) is 6.04 Å². The van der Waals surface area contributed by atoms with Crippen LogP contribution in [0.2, 0.25) is 0 Å². The van der Waals surface area contributed by atoms with Crippen LogP contribution in [-0.2, 0) is 4.79 Å². The summed E-state index contributed by atoms with van der Waals surface area (Å²) in [6, 6.07) is 0.132. The molecule has 1 unspecified atom stereocenters. The molecule has 2 heteroatoms. The van der Waals surface area contributed by atoms with Crippen molar-refractivity contribution in [3.63, 3.8) is 0 Å². The van der Waals surface area contributed by atoms with Crippen LogP contribution < -0.4 is 5.32 Å². The van der Waals surface area contributed by atoms with Crippen LogP contribution in [0.5, 0.6) is 0 Å². The quantitative estimate of drug-likeness (QED) is 0.672. The maximum Gasteiger partial charge on any atom is 0.150 e. The second kappa shape index (κ2) is 5.18. The molecule has 0 saturated carbocycles. The van der Waals surface area contributed by atoms with Crippen molar-refractivity contribution in [1.82, 2.24) is 5.32 Å². The Bertz CT molecular complexity index is 192. The normalized spacial score (nSPS) is 22.7. The zero-order valence-electron chi connectivity index (χ0n) is 8.44. The first-order chi connectivity index (χ1) is 6.20. The largest absolute Gasteiger partial charge is 0.307 e. The first-order valence-corrected chi connectivity index (χ1v) is 5.10. The second-order valence-electron chi connectivity index (χ2n) is 3.93. The van der Waals surface area contributed by atoms with Crippen molar-refractivity contribution >= 4 is 5.78 Å². The fourth-order valence-electron chi connectivity index (χ4n) is 1.64. The molecule has 1 fully saturated rings. The number of rotatable bonds is 4. The molecular weight excluding hydrogens is 162 g/mol. The number of hydrogen-bond donors (Lipinski definition) is 1. The number of ketones is 1. The molecule has 2 nitrogen and oxygen atoms in total. The first-order valence-electron chi connectivity index (χ1n) is 5.10. The van der Waals surface area contributed by atoms with E-state index in [0.717, 1.165) is 25.0 Å². The molecule has 0 radical (unpaired) electrons. The molecule has 0 amide bonds. The van der Waals surface area contributed by atoms with E-state index in [2.05, 4.69) is 11.9 Å². The fourth-order valence-corrected chi connectivity index (χ4v) is 1.64. The number of nitrogens with one attached hydrogen (secondary N) is 1. The summed E-state index contributed by atoms with van der Waals surface area (Å²) in [7, 11) is 0. The van der Waals surface area contributed by atoms with Crippen LogP contribution in [-0.4, -0.2) is 18.4 Å². The van der Waals surface area contributed by atoms with E-state index in [4.69, 9.17) is 0 Å². The third-order valence-corrected chi connectivity index (χ3v) is 2.50. The smallest absolute Gasteiger partial charge is 0.150 e. The van der Waals surface area contributed by atoms with Gasteiger partial charge in [0.2, 0.25) is 0 Å². The number of hydrogen-bond acceptors (Lipinski definition) is 2. The highest BCUT2D eigenvalue weighted by Gasteiger charge is 2.19. The molecule has 1 atom stereocenters. The highest BCUT2D eigenvalue weighted by molar-refractivity contribution is 5.84. The van der Waals surface area contributed by atoms with Gasteiger partial charge in [0.15, 0.2) is 0 Å². The molecule has 0 aromatic rings. The maximum absolute atomic E-state index is 11.6. The van der Waals surface area contributed by atoms with Crippen LogP contribution in [0.25, 0.3) is 0 Å². The zero-order valence-corrected chi connectivity index (χ0v) is 8.44. The van der Waals surface area contributed by atoms with Crippen LogP contribution >= 0.6 is 0 Å². The van der Waals surface area contributed by atoms with E-state index in [1.807, 2.05) is 6.92 Å². The Labute approximate surface area is 80.4 Å². The van der Waals surface area contributed by atoms with E-state index in [1.54, 1.807) is 0 Å². The molecule has 0 aromatic heterocycles. The molecule has 0 aliphatic carbocycles. The Kier molecular flexibility index (Phi) is 4.16. The monoisotopic (exact) mass is 181 g/mol. The minimum Gasteiger partial charge on any atom is -0.307 e. The summed E-state index contributed by atoms with van der Waals surface area (Å²) in [6.45, 7) is 6.78. The first kappa shape index (κ1) is 10.5. The van der Waals surface area contributed by atoms with Crippen molar-refractivity contribution < 1.29 is 4.79 Å². The summed E-state index contributed by atoms with van der Waals surface area (Å²) in [6.07, 6.45) is 4.93. The summed E-state index contributed by atoms with van der Waals surface area (Å²) in [5, 5.41) is 3.26. The van der Waals surface area contributed by atoms with Crippen LogP contribution in [0.1, 0.15) is 39.0 Å². The number of allylic oxidation sites excluding steroid dienone is 1. The Morgan fingerprint density at radius 2 is 2.23 bits per heavy atom. The lowest BCUT2D eigenvalue weighted by atomic mass is 9.97. The minimum atomic E-state index is 0.132. The summed E-state index contributed by atoms with van der Waals surface area (Å²) in [5.41, 5.74) is 1.10. The van der Waals surface area contributed by atoms with E-state index in [1.165, 1.54) is 12.8 Å². The van der Waals surface area contributed by atoms with Crippen LogP contribution in [0, 0.1) is 0 Å². The molecule has 74 valence electrons. The molecule has 1 aliphatic heterocycles. The number of carbonyl (C=O) groups is 1. The van der Waals surface area contributed by atoms with Crippen LogP contribution in [0.4, 0.5) is 0 Å². The SMILES string of the molecule is C=C(C)CCC(=O)C1CCCCN1. The van der Waals surface area contributed by atoms with Crippen molar-refractivity contribution in [1.29, 1.82) is 0 Å². The van der Waals surface area contributed by atoms with Crippen molar-refractivity contribution in [2.45, 2.75) is 45.1 Å². The number of piperidine rings is 1. The summed E-state index contributed by atoms with van der Waals surface area (Å²) >= 11 is 0. The summed E-state index contributed by atoms with van der Waals surface area (Å²) in [4.78, 5) is 11.6. The van der Waals surface area contributed by atoms with Crippen molar-refractivity contribution in [2.24, 2.45) is 0 Å². The Hall–Kier alpha value is -0.630. The van der Waals surface area contributed by atoms with E-state index >= 15 is 0 Å². The fraction of sp³-hybridized carbons (Fsp3) is 0.727. The third kappa shape index (κ3) is 3.73. The molecule has 0 aromatic carbocycles. The predicted octanol–water partition coefficient (Wildman–Crippen LogP) is 2.05. The standard InChI is InChI=1S/C11H19NO/c1-9(2)6-7-11(13)10-5-3-4-8-12-10/h10,12H,1,3-8H2,2H3. The molecule has 1 aliphatic rings. The van der Waals surface area contributed by atoms with Gasteiger partial charge in [0.25, 0.3) is 0 Å². The van der Waals surface area contributed by atoms with Gasteiger partial charge in [-0.25, -0.2) is 0 Å². The lowest BCUT2D eigenvalue weighted by molar-refractivity contribution is -0.121. The number of carbonyl (C=O) groups excluding carboxylic acids is 1. The van der Waals surface area contributed by atoms with E-state index in [-0.39, 0.29) is 6.04 Å². The molecule has 13 heavy (non-hydrogen) atoms. The Morgan fingerprint density at radius 1 is 1.46 bits per heavy atom. The van der Waals surface area contributed by atoms with Crippen molar-refractivity contribution in [2.75, 3.05) is 6.54 Å². The average Bonchev–Trinajstić information content (AvgIpc) is 2.15. The average molecular weight is 181 g/mol. The summed E-state index contributed by atoms with van der Waals surface area (Å²) < 4.78 is 0. The van der Waals surface area contributed by atoms with Gasteiger partial charge in [0, 0.05) is 6.42 Å². The van der Waals surface area contributed by atoms with E-state index < -0.39 is 0 Å². The highest BCUT2D eigenvalue weighted by atomic mass is 16.1. The van der Waals surface area contributed by atoms with E-state index in [0.29, 0.717) is 12.2 Å². The second-order valence-corrected chi connectivity index (χ2v) is 3.93. The van der Waals surface area contributed by atoms with Gasteiger partial charge in [-0.15, -0.1) is 6.58 Å². The minimum absolute atomic E-state index is 0.132. The van der Waals surface area contributed by atoms with Crippen LogP contribution in [0.3, 0.4) is 0 Å². The Balaban J connectivity index is 2.25. The molecule has 1 saturated heterocycles. The van der Waals surface area contributed by atoms with Crippen molar-refractivity contribution in [3.8, 4) is 0 Å². The molecule has 1 rings (SSSR count). The lowest BCUT2D eigenvalue weighted by Crippen LogP contribution is -2.40. The highest BCUT2D eigenvalue weighted by Crippen LogP contribution is 2.11. The topological polar surface area (TPSA) is 29.1 Å². The lowest BCUT2D eigenvalue weighted by Gasteiger charge is -2.22. The molecule has 1 N–H and O–H groups in total.